The van der Waals surface area contributed by atoms with Gasteiger partial charge in [0.25, 0.3) is 5.91 Å². The van der Waals surface area contributed by atoms with Crippen LogP contribution in [0.2, 0.25) is 5.02 Å². The summed E-state index contributed by atoms with van der Waals surface area (Å²) in [5.41, 5.74) is 2.99. The standard InChI is InChI=1S/C20H18ClN3O2/c1-26-18-8-6-16(7-9-18)24-17-10-11-22-19(12-17)20(25)23-13-14-2-4-15(21)5-3-14/h2-12H,13H2,1H3,(H,22,24)(H,23,25). The number of methoxy groups -OCH3 is 1. The lowest BCUT2D eigenvalue weighted by Gasteiger charge is -2.09. The Balaban J connectivity index is 1.63. The van der Waals surface area contributed by atoms with Crippen LogP contribution < -0.4 is 15.4 Å². The summed E-state index contributed by atoms with van der Waals surface area (Å²) in [6.45, 7) is 0.411. The molecule has 0 aliphatic carbocycles. The first-order valence-corrected chi connectivity index (χ1v) is 8.41. The molecular formula is C20H18ClN3O2. The summed E-state index contributed by atoms with van der Waals surface area (Å²) in [5, 5.41) is 6.76. The second-order valence-corrected chi connectivity index (χ2v) is 6.03. The Bertz CT molecular complexity index is 880. The van der Waals surface area contributed by atoms with Gasteiger partial charge in [0, 0.05) is 29.1 Å². The molecule has 2 aromatic carbocycles. The maximum absolute atomic E-state index is 12.3. The third kappa shape index (κ3) is 4.74. The van der Waals surface area contributed by atoms with Gasteiger partial charge in [0.1, 0.15) is 11.4 Å². The van der Waals surface area contributed by atoms with Crippen LogP contribution in [0.25, 0.3) is 0 Å². The van der Waals surface area contributed by atoms with E-state index in [0.717, 1.165) is 22.7 Å². The third-order valence-electron chi connectivity index (χ3n) is 3.74. The molecule has 26 heavy (non-hydrogen) atoms. The lowest BCUT2D eigenvalue weighted by Crippen LogP contribution is -2.23. The summed E-state index contributed by atoms with van der Waals surface area (Å²) in [4.78, 5) is 16.5. The summed E-state index contributed by atoms with van der Waals surface area (Å²) in [7, 11) is 1.63. The number of nitrogens with one attached hydrogen (secondary N) is 2. The Morgan fingerprint density at radius 1 is 1.04 bits per heavy atom. The second kappa shape index (κ2) is 8.36. The van der Waals surface area contributed by atoms with Crippen molar-refractivity contribution in [1.82, 2.24) is 10.3 Å². The zero-order valence-corrected chi connectivity index (χ0v) is 15.0. The van der Waals surface area contributed by atoms with Crippen molar-refractivity contribution in [2.45, 2.75) is 6.54 Å². The summed E-state index contributed by atoms with van der Waals surface area (Å²) >= 11 is 5.86. The quantitative estimate of drug-likeness (QED) is 0.677. The largest absolute Gasteiger partial charge is 0.497 e. The summed E-state index contributed by atoms with van der Waals surface area (Å²) in [5.74, 6) is 0.547. The molecule has 0 spiro atoms. The number of benzene rings is 2. The summed E-state index contributed by atoms with van der Waals surface area (Å²) in [6, 6.07) is 18.4. The SMILES string of the molecule is COc1ccc(Nc2ccnc(C(=O)NCc3ccc(Cl)cc3)c2)cc1. The Labute approximate surface area is 157 Å². The van der Waals surface area contributed by atoms with E-state index >= 15 is 0 Å². The summed E-state index contributed by atoms with van der Waals surface area (Å²) < 4.78 is 5.14. The van der Waals surface area contributed by atoms with Crippen molar-refractivity contribution in [3.8, 4) is 5.75 Å². The van der Waals surface area contributed by atoms with Crippen LogP contribution in [-0.4, -0.2) is 18.0 Å². The molecule has 0 bridgehead atoms. The maximum Gasteiger partial charge on any atom is 0.270 e. The number of halogens is 1. The zero-order chi connectivity index (χ0) is 18.4. The Kier molecular flexibility index (Phi) is 5.71. The van der Waals surface area contributed by atoms with Crippen molar-refractivity contribution in [2.75, 3.05) is 12.4 Å². The van der Waals surface area contributed by atoms with Crippen LogP contribution in [0.3, 0.4) is 0 Å². The van der Waals surface area contributed by atoms with Crippen LogP contribution in [0.4, 0.5) is 11.4 Å². The number of rotatable bonds is 6. The maximum atomic E-state index is 12.3. The average Bonchev–Trinajstić information content (AvgIpc) is 2.68. The average molecular weight is 368 g/mol. The highest BCUT2D eigenvalue weighted by Gasteiger charge is 2.08. The van der Waals surface area contributed by atoms with Crippen LogP contribution in [-0.2, 0) is 6.54 Å². The van der Waals surface area contributed by atoms with Gasteiger partial charge in [0.2, 0.25) is 0 Å². The first-order chi connectivity index (χ1) is 12.6. The molecule has 0 saturated heterocycles. The van der Waals surface area contributed by atoms with E-state index in [1.54, 1.807) is 37.6 Å². The number of carbonyl (C=O) groups excluding carboxylic acids is 1. The molecule has 1 amide bonds. The molecule has 132 valence electrons. The van der Waals surface area contributed by atoms with Crippen molar-refractivity contribution in [3.63, 3.8) is 0 Å². The zero-order valence-electron chi connectivity index (χ0n) is 14.2. The van der Waals surface area contributed by atoms with E-state index in [1.165, 1.54) is 0 Å². The summed E-state index contributed by atoms with van der Waals surface area (Å²) in [6.07, 6.45) is 1.60. The lowest BCUT2D eigenvalue weighted by atomic mass is 10.2. The van der Waals surface area contributed by atoms with Crippen molar-refractivity contribution in [2.24, 2.45) is 0 Å². The van der Waals surface area contributed by atoms with Gasteiger partial charge < -0.3 is 15.4 Å². The molecule has 0 unspecified atom stereocenters. The second-order valence-electron chi connectivity index (χ2n) is 5.59. The fraction of sp³-hybridized carbons (Fsp3) is 0.100. The van der Waals surface area contributed by atoms with E-state index in [-0.39, 0.29) is 5.91 Å². The van der Waals surface area contributed by atoms with Crippen molar-refractivity contribution in [3.05, 3.63) is 83.1 Å². The van der Waals surface area contributed by atoms with Gasteiger partial charge in [-0.05, 0) is 54.1 Å². The molecule has 0 atom stereocenters. The van der Waals surface area contributed by atoms with Gasteiger partial charge in [-0.15, -0.1) is 0 Å². The van der Waals surface area contributed by atoms with Gasteiger partial charge in [-0.25, -0.2) is 0 Å². The topological polar surface area (TPSA) is 63.2 Å². The van der Waals surface area contributed by atoms with E-state index in [0.29, 0.717) is 17.3 Å². The highest BCUT2D eigenvalue weighted by atomic mass is 35.5. The predicted molar refractivity (Wildman–Crippen MR) is 103 cm³/mol. The van der Waals surface area contributed by atoms with Crippen LogP contribution >= 0.6 is 11.6 Å². The fourth-order valence-corrected chi connectivity index (χ4v) is 2.47. The number of nitrogens with zero attached hydrogens (tertiary/aromatic N) is 1. The monoisotopic (exact) mass is 367 g/mol. The molecule has 0 saturated carbocycles. The molecular weight excluding hydrogens is 350 g/mol. The first-order valence-electron chi connectivity index (χ1n) is 8.04. The van der Waals surface area contributed by atoms with Gasteiger partial charge in [-0.1, -0.05) is 23.7 Å². The molecule has 5 nitrogen and oxygen atoms in total. The molecule has 0 fully saturated rings. The van der Waals surface area contributed by atoms with E-state index in [1.807, 2.05) is 36.4 Å². The van der Waals surface area contributed by atoms with Crippen LogP contribution in [0, 0.1) is 0 Å². The number of pyridine rings is 1. The third-order valence-corrected chi connectivity index (χ3v) is 3.99. The molecule has 2 N–H and O–H groups in total. The number of carbonyl (C=O) groups is 1. The molecule has 3 aromatic rings. The Morgan fingerprint density at radius 2 is 1.77 bits per heavy atom. The molecule has 3 rings (SSSR count). The minimum absolute atomic E-state index is 0.238. The van der Waals surface area contributed by atoms with E-state index in [2.05, 4.69) is 15.6 Å². The molecule has 0 radical (unpaired) electrons. The van der Waals surface area contributed by atoms with Crippen LogP contribution in [0.1, 0.15) is 16.1 Å². The molecule has 0 aliphatic rings. The molecule has 1 aromatic heterocycles. The number of anilines is 2. The van der Waals surface area contributed by atoms with Gasteiger partial charge in [-0.3, -0.25) is 9.78 Å². The number of hydrogen-bond acceptors (Lipinski definition) is 4. The molecule has 6 heteroatoms. The van der Waals surface area contributed by atoms with E-state index in [4.69, 9.17) is 16.3 Å². The number of ether oxygens (including phenoxy) is 1. The highest BCUT2D eigenvalue weighted by Crippen LogP contribution is 2.20. The van der Waals surface area contributed by atoms with Gasteiger partial charge in [-0.2, -0.15) is 0 Å². The van der Waals surface area contributed by atoms with Crippen molar-refractivity contribution in [1.29, 1.82) is 0 Å². The molecule has 1 heterocycles. The predicted octanol–water partition coefficient (Wildman–Crippen LogP) is 4.42. The van der Waals surface area contributed by atoms with Crippen LogP contribution in [0.15, 0.2) is 66.9 Å². The van der Waals surface area contributed by atoms with Crippen molar-refractivity contribution < 1.29 is 9.53 Å². The van der Waals surface area contributed by atoms with Gasteiger partial charge in [0.15, 0.2) is 0 Å². The number of hydrogen-bond donors (Lipinski definition) is 2. The van der Waals surface area contributed by atoms with E-state index in [9.17, 15) is 4.79 Å². The fourth-order valence-electron chi connectivity index (χ4n) is 2.35. The molecule has 0 aliphatic heterocycles. The van der Waals surface area contributed by atoms with Gasteiger partial charge >= 0.3 is 0 Å². The van der Waals surface area contributed by atoms with E-state index < -0.39 is 0 Å². The Hall–Kier alpha value is -3.05. The first kappa shape index (κ1) is 17.8. The number of amides is 1. The number of aromatic nitrogens is 1. The normalized spacial score (nSPS) is 10.2. The van der Waals surface area contributed by atoms with Crippen LogP contribution in [0.5, 0.6) is 5.75 Å². The van der Waals surface area contributed by atoms with Gasteiger partial charge in [0.05, 0.1) is 7.11 Å². The minimum Gasteiger partial charge on any atom is -0.497 e. The Morgan fingerprint density at radius 3 is 2.46 bits per heavy atom. The smallest absolute Gasteiger partial charge is 0.270 e. The van der Waals surface area contributed by atoms with Crippen molar-refractivity contribution >= 4 is 28.9 Å². The highest BCUT2D eigenvalue weighted by molar-refractivity contribution is 6.30. The minimum atomic E-state index is -0.238. The lowest BCUT2D eigenvalue weighted by molar-refractivity contribution is 0.0946.